The quantitative estimate of drug-likeness (QED) is 0.681. The normalized spacial score (nSPS) is 32.8. The molecule has 2 aliphatic carbocycles. The lowest BCUT2D eigenvalue weighted by Gasteiger charge is -2.38. The van der Waals surface area contributed by atoms with Gasteiger partial charge in [0.15, 0.2) is 0 Å². The molecular formula is C15H23BrN2S. The van der Waals surface area contributed by atoms with Gasteiger partial charge in [-0.1, -0.05) is 48.5 Å². The Labute approximate surface area is 128 Å². The van der Waals surface area contributed by atoms with E-state index in [4.69, 9.17) is 0 Å². The highest BCUT2D eigenvalue weighted by Crippen LogP contribution is 2.46. The van der Waals surface area contributed by atoms with Gasteiger partial charge in [0.05, 0.1) is 4.83 Å². The molecule has 0 amide bonds. The molecule has 2 saturated carbocycles. The van der Waals surface area contributed by atoms with Crippen molar-refractivity contribution in [2.75, 3.05) is 0 Å². The van der Waals surface area contributed by atoms with E-state index in [1.54, 1.807) is 0 Å². The summed E-state index contributed by atoms with van der Waals surface area (Å²) in [6.45, 7) is 2.19. The van der Waals surface area contributed by atoms with Gasteiger partial charge in [-0.15, -0.1) is 21.5 Å². The van der Waals surface area contributed by atoms with Gasteiger partial charge in [-0.2, -0.15) is 0 Å². The third kappa shape index (κ3) is 3.05. The first-order chi connectivity index (χ1) is 9.28. The Morgan fingerprint density at radius 2 is 1.95 bits per heavy atom. The number of aromatic nitrogens is 2. The summed E-state index contributed by atoms with van der Waals surface area (Å²) < 4.78 is 0. The highest BCUT2D eigenvalue weighted by molar-refractivity contribution is 9.09. The first-order valence-corrected chi connectivity index (χ1v) is 9.48. The molecule has 4 heteroatoms. The zero-order valence-corrected chi connectivity index (χ0v) is 14.0. The SMILES string of the molecule is CCC(Br)c1nnc(C2CCC3CCCCC3C2)s1. The van der Waals surface area contributed by atoms with Gasteiger partial charge in [0.1, 0.15) is 10.0 Å². The molecule has 106 valence electrons. The summed E-state index contributed by atoms with van der Waals surface area (Å²) in [5, 5.41) is 11.3. The molecule has 1 aromatic heterocycles. The van der Waals surface area contributed by atoms with Crippen molar-refractivity contribution in [3.63, 3.8) is 0 Å². The Balaban J connectivity index is 1.67. The summed E-state index contributed by atoms with van der Waals surface area (Å²) in [7, 11) is 0. The maximum Gasteiger partial charge on any atom is 0.131 e. The predicted octanol–water partition coefficient (Wildman–Crippen LogP) is 5.46. The molecule has 0 spiro atoms. The van der Waals surface area contributed by atoms with E-state index < -0.39 is 0 Å². The van der Waals surface area contributed by atoms with Gasteiger partial charge in [0.25, 0.3) is 0 Å². The molecule has 0 radical (unpaired) electrons. The van der Waals surface area contributed by atoms with Crippen LogP contribution in [0.25, 0.3) is 0 Å². The van der Waals surface area contributed by atoms with Crippen LogP contribution in [-0.4, -0.2) is 10.2 Å². The summed E-state index contributed by atoms with van der Waals surface area (Å²) in [4.78, 5) is 0.393. The standard InChI is InChI=1S/C15H23BrN2S/c1-2-13(16)15-18-17-14(19-15)12-8-7-10-5-3-4-6-11(10)9-12/h10-13H,2-9H2,1H3. The van der Waals surface area contributed by atoms with Gasteiger partial charge in [-0.05, 0) is 37.5 Å². The molecule has 0 aromatic carbocycles. The molecule has 0 saturated heterocycles. The monoisotopic (exact) mass is 342 g/mol. The Morgan fingerprint density at radius 3 is 2.74 bits per heavy atom. The van der Waals surface area contributed by atoms with Crippen LogP contribution in [0.1, 0.15) is 79.1 Å². The van der Waals surface area contributed by atoms with Crippen LogP contribution in [-0.2, 0) is 0 Å². The van der Waals surface area contributed by atoms with Gasteiger partial charge >= 0.3 is 0 Å². The van der Waals surface area contributed by atoms with E-state index in [9.17, 15) is 0 Å². The van der Waals surface area contributed by atoms with Crippen LogP contribution in [0.4, 0.5) is 0 Å². The van der Waals surface area contributed by atoms with Gasteiger partial charge in [-0.25, -0.2) is 0 Å². The Bertz CT molecular complexity index is 420. The molecule has 0 N–H and O–H groups in total. The zero-order chi connectivity index (χ0) is 13.2. The van der Waals surface area contributed by atoms with Crippen LogP contribution < -0.4 is 0 Å². The Kier molecular flexibility index (Phi) is 4.58. The summed E-state index contributed by atoms with van der Waals surface area (Å²) in [6, 6.07) is 0. The lowest BCUT2D eigenvalue weighted by Crippen LogP contribution is -2.26. The van der Waals surface area contributed by atoms with Crippen LogP contribution in [0.5, 0.6) is 0 Å². The Hall–Kier alpha value is 0.0400. The second-order valence-electron chi connectivity index (χ2n) is 6.17. The van der Waals surface area contributed by atoms with Crippen molar-refractivity contribution >= 4 is 27.3 Å². The van der Waals surface area contributed by atoms with Crippen LogP contribution in [0.3, 0.4) is 0 Å². The third-order valence-corrected chi connectivity index (χ3v) is 7.56. The summed E-state index contributed by atoms with van der Waals surface area (Å²) in [5.41, 5.74) is 0. The van der Waals surface area contributed by atoms with E-state index in [1.165, 1.54) is 55.0 Å². The number of hydrogen-bond acceptors (Lipinski definition) is 3. The smallest absolute Gasteiger partial charge is 0.131 e. The van der Waals surface area contributed by atoms with Gasteiger partial charge in [0, 0.05) is 5.92 Å². The van der Waals surface area contributed by atoms with Crippen molar-refractivity contribution in [1.29, 1.82) is 0 Å². The van der Waals surface area contributed by atoms with Crippen molar-refractivity contribution in [1.82, 2.24) is 10.2 Å². The molecule has 4 unspecified atom stereocenters. The number of halogens is 1. The summed E-state index contributed by atoms with van der Waals surface area (Å²) >= 11 is 5.53. The molecule has 1 heterocycles. The zero-order valence-electron chi connectivity index (χ0n) is 11.6. The minimum atomic E-state index is 0.393. The fourth-order valence-corrected chi connectivity index (χ4v) is 5.24. The number of fused-ring (bicyclic) bond motifs is 1. The minimum absolute atomic E-state index is 0.393. The van der Waals surface area contributed by atoms with Gasteiger partial charge < -0.3 is 0 Å². The molecule has 3 rings (SSSR count). The molecule has 0 bridgehead atoms. The van der Waals surface area contributed by atoms with Crippen molar-refractivity contribution in [3.05, 3.63) is 10.0 Å². The van der Waals surface area contributed by atoms with E-state index in [2.05, 4.69) is 33.1 Å². The molecule has 1 aromatic rings. The van der Waals surface area contributed by atoms with Gasteiger partial charge in [0.2, 0.25) is 0 Å². The second kappa shape index (κ2) is 6.21. The maximum atomic E-state index is 4.49. The van der Waals surface area contributed by atoms with Crippen LogP contribution in [0, 0.1) is 11.8 Å². The fourth-order valence-electron chi connectivity index (χ4n) is 3.81. The molecule has 2 aliphatic rings. The fraction of sp³-hybridized carbons (Fsp3) is 0.867. The lowest BCUT2D eigenvalue weighted by atomic mass is 9.68. The van der Waals surface area contributed by atoms with Crippen molar-refractivity contribution in [3.8, 4) is 0 Å². The second-order valence-corrected chi connectivity index (χ2v) is 8.31. The number of alkyl halides is 1. The molecule has 4 atom stereocenters. The van der Waals surface area contributed by atoms with E-state index in [-0.39, 0.29) is 0 Å². The predicted molar refractivity (Wildman–Crippen MR) is 83.9 cm³/mol. The van der Waals surface area contributed by atoms with E-state index in [1.807, 2.05) is 11.3 Å². The summed E-state index contributed by atoms with van der Waals surface area (Å²) in [6.07, 6.45) is 11.1. The minimum Gasteiger partial charge on any atom is -0.143 e. The van der Waals surface area contributed by atoms with Crippen LogP contribution in [0.15, 0.2) is 0 Å². The third-order valence-electron chi connectivity index (χ3n) is 4.97. The van der Waals surface area contributed by atoms with Crippen molar-refractivity contribution in [2.45, 2.75) is 69.0 Å². The molecule has 0 aliphatic heterocycles. The first kappa shape index (κ1) is 14.0. The number of rotatable bonds is 3. The van der Waals surface area contributed by atoms with E-state index in [0.29, 0.717) is 10.7 Å². The van der Waals surface area contributed by atoms with Crippen molar-refractivity contribution in [2.24, 2.45) is 11.8 Å². The van der Waals surface area contributed by atoms with Crippen LogP contribution >= 0.6 is 27.3 Å². The average Bonchev–Trinajstić information content (AvgIpc) is 2.95. The van der Waals surface area contributed by atoms with E-state index >= 15 is 0 Å². The van der Waals surface area contributed by atoms with Gasteiger partial charge in [-0.3, -0.25) is 0 Å². The average molecular weight is 343 g/mol. The molecule has 2 fully saturated rings. The Morgan fingerprint density at radius 1 is 1.16 bits per heavy atom. The maximum absolute atomic E-state index is 4.49. The largest absolute Gasteiger partial charge is 0.143 e. The molecule has 19 heavy (non-hydrogen) atoms. The number of nitrogens with zero attached hydrogens (tertiary/aromatic N) is 2. The summed E-state index contributed by atoms with van der Waals surface area (Å²) in [5.74, 6) is 2.70. The first-order valence-electron chi connectivity index (χ1n) is 7.75. The lowest BCUT2D eigenvalue weighted by molar-refractivity contribution is 0.155. The number of hydrogen-bond donors (Lipinski definition) is 0. The highest BCUT2D eigenvalue weighted by atomic mass is 79.9. The molecule has 2 nitrogen and oxygen atoms in total. The topological polar surface area (TPSA) is 25.8 Å². The van der Waals surface area contributed by atoms with E-state index in [0.717, 1.165) is 18.3 Å². The highest BCUT2D eigenvalue weighted by Gasteiger charge is 2.34. The van der Waals surface area contributed by atoms with Crippen LogP contribution in [0.2, 0.25) is 0 Å². The van der Waals surface area contributed by atoms with Crippen molar-refractivity contribution < 1.29 is 0 Å². The molecular weight excluding hydrogens is 320 g/mol.